The first kappa shape index (κ1) is 14.7. The van der Waals surface area contributed by atoms with Crippen molar-refractivity contribution >= 4 is 5.69 Å². The van der Waals surface area contributed by atoms with E-state index in [1.54, 1.807) is 0 Å². The lowest BCUT2D eigenvalue weighted by Crippen LogP contribution is -2.35. The lowest BCUT2D eigenvalue weighted by molar-refractivity contribution is -0.147. The molecule has 3 N–H and O–H groups in total. The molecule has 0 aliphatic rings. The van der Waals surface area contributed by atoms with E-state index in [1.165, 1.54) is 6.07 Å². The number of hydrogen-bond donors (Lipinski definition) is 2. The van der Waals surface area contributed by atoms with Crippen LogP contribution in [-0.4, -0.2) is 35.9 Å². The van der Waals surface area contributed by atoms with E-state index in [0.29, 0.717) is 0 Å². The molecule has 1 aromatic rings. The molecule has 0 radical (unpaired) electrons. The third-order valence-corrected chi connectivity index (χ3v) is 2.32. The summed E-state index contributed by atoms with van der Waals surface area (Å²) in [5, 5.41) is 8.72. The van der Waals surface area contributed by atoms with Crippen LogP contribution in [0.4, 0.5) is 23.2 Å². The van der Waals surface area contributed by atoms with Gasteiger partial charge in [-0.3, -0.25) is 4.90 Å². The Hall–Kier alpha value is -1.34. The first-order valence-electron chi connectivity index (χ1n) is 5.25. The summed E-state index contributed by atoms with van der Waals surface area (Å²) >= 11 is 0. The fourth-order valence-corrected chi connectivity index (χ4v) is 1.56. The van der Waals surface area contributed by atoms with Crippen molar-refractivity contribution in [2.75, 3.05) is 25.4 Å². The minimum Gasteiger partial charge on any atom is -0.398 e. The van der Waals surface area contributed by atoms with Gasteiger partial charge in [0.05, 0.1) is 13.2 Å². The molecule has 0 spiro atoms. The number of nitrogens with zero attached hydrogens (tertiary/aromatic N) is 1. The summed E-state index contributed by atoms with van der Waals surface area (Å²) < 4.78 is 49.8. The first-order chi connectivity index (χ1) is 8.31. The third-order valence-electron chi connectivity index (χ3n) is 2.32. The van der Waals surface area contributed by atoms with Gasteiger partial charge in [0.1, 0.15) is 5.82 Å². The Labute approximate surface area is 102 Å². The zero-order valence-electron chi connectivity index (χ0n) is 9.54. The van der Waals surface area contributed by atoms with Gasteiger partial charge in [0.2, 0.25) is 0 Å². The molecule has 1 rings (SSSR count). The fourth-order valence-electron chi connectivity index (χ4n) is 1.56. The van der Waals surface area contributed by atoms with Gasteiger partial charge in [0.25, 0.3) is 0 Å². The van der Waals surface area contributed by atoms with Gasteiger partial charge in [-0.25, -0.2) is 4.39 Å². The van der Waals surface area contributed by atoms with E-state index in [1.807, 2.05) is 0 Å². The molecule has 0 heterocycles. The molecule has 0 fully saturated rings. The lowest BCUT2D eigenvalue weighted by atomic mass is 10.1. The molecule has 1 aromatic carbocycles. The van der Waals surface area contributed by atoms with E-state index in [-0.39, 0.29) is 24.3 Å². The summed E-state index contributed by atoms with van der Waals surface area (Å²) in [7, 11) is 0. The van der Waals surface area contributed by atoms with E-state index in [2.05, 4.69) is 0 Å². The lowest BCUT2D eigenvalue weighted by Gasteiger charge is -2.23. The molecule has 0 aliphatic heterocycles. The van der Waals surface area contributed by atoms with Crippen LogP contribution in [0.3, 0.4) is 0 Å². The van der Waals surface area contributed by atoms with Gasteiger partial charge >= 0.3 is 6.18 Å². The van der Waals surface area contributed by atoms with Crippen LogP contribution in [0.1, 0.15) is 5.56 Å². The largest absolute Gasteiger partial charge is 0.401 e. The van der Waals surface area contributed by atoms with E-state index in [9.17, 15) is 17.6 Å². The zero-order chi connectivity index (χ0) is 13.8. The van der Waals surface area contributed by atoms with Crippen molar-refractivity contribution in [1.82, 2.24) is 4.90 Å². The average Bonchev–Trinajstić information content (AvgIpc) is 2.21. The highest BCUT2D eigenvalue weighted by Gasteiger charge is 2.30. The molecule has 0 saturated heterocycles. The minimum atomic E-state index is -4.38. The zero-order valence-corrected chi connectivity index (χ0v) is 9.54. The van der Waals surface area contributed by atoms with Crippen molar-refractivity contribution in [3.8, 4) is 0 Å². The average molecular weight is 266 g/mol. The van der Waals surface area contributed by atoms with Gasteiger partial charge < -0.3 is 10.8 Å². The van der Waals surface area contributed by atoms with E-state index in [4.69, 9.17) is 10.8 Å². The SMILES string of the molecule is Nc1ccc(F)cc1CN(CCO)CC(F)(F)F. The van der Waals surface area contributed by atoms with Gasteiger partial charge in [-0.1, -0.05) is 0 Å². The molecule has 0 aromatic heterocycles. The second-order valence-corrected chi connectivity index (χ2v) is 3.89. The molecule has 0 bridgehead atoms. The van der Waals surface area contributed by atoms with Crippen molar-refractivity contribution in [1.29, 1.82) is 0 Å². The number of rotatable bonds is 5. The highest BCUT2D eigenvalue weighted by Crippen LogP contribution is 2.20. The number of aliphatic hydroxyl groups is 1. The molecule has 0 amide bonds. The number of alkyl halides is 3. The van der Waals surface area contributed by atoms with Gasteiger partial charge in [0.15, 0.2) is 0 Å². The van der Waals surface area contributed by atoms with Gasteiger partial charge in [-0.05, 0) is 23.8 Å². The number of benzene rings is 1. The molecule has 7 heteroatoms. The third kappa shape index (κ3) is 4.89. The van der Waals surface area contributed by atoms with Crippen LogP contribution in [-0.2, 0) is 6.54 Å². The van der Waals surface area contributed by atoms with Crippen molar-refractivity contribution < 1.29 is 22.7 Å². The van der Waals surface area contributed by atoms with Crippen LogP contribution in [0.15, 0.2) is 18.2 Å². The van der Waals surface area contributed by atoms with Crippen LogP contribution in [0.25, 0.3) is 0 Å². The first-order valence-corrected chi connectivity index (χ1v) is 5.25. The smallest absolute Gasteiger partial charge is 0.398 e. The number of halogens is 4. The Kier molecular flexibility index (Phi) is 4.92. The quantitative estimate of drug-likeness (QED) is 0.630. The summed E-state index contributed by atoms with van der Waals surface area (Å²) in [6.07, 6.45) is -4.38. The number of nitrogens with two attached hydrogens (primary N) is 1. The predicted octanol–water partition coefficient (Wildman–Crippen LogP) is 1.76. The molecule has 0 aliphatic carbocycles. The van der Waals surface area contributed by atoms with Crippen LogP contribution in [0.5, 0.6) is 0 Å². The Morgan fingerprint density at radius 1 is 1.28 bits per heavy atom. The topological polar surface area (TPSA) is 49.5 Å². The summed E-state index contributed by atoms with van der Waals surface area (Å²) in [5.74, 6) is -0.560. The summed E-state index contributed by atoms with van der Waals surface area (Å²) in [6, 6.07) is 3.53. The van der Waals surface area contributed by atoms with E-state index >= 15 is 0 Å². The molecule has 3 nitrogen and oxygen atoms in total. The summed E-state index contributed by atoms with van der Waals surface area (Å²) in [6.45, 7) is -1.91. The summed E-state index contributed by atoms with van der Waals surface area (Å²) in [4.78, 5) is 0.963. The molecular formula is C11H14F4N2O. The van der Waals surface area contributed by atoms with Crippen molar-refractivity contribution in [3.63, 3.8) is 0 Å². The standard InChI is InChI=1S/C11H14F4N2O/c12-9-1-2-10(16)8(5-9)6-17(3-4-18)7-11(13,14)15/h1-2,5,18H,3-4,6-7,16H2. The van der Waals surface area contributed by atoms with Crippen LogP contribution in [0, 0.1) is 5.82 Å². The Morgan fingerprint density at radius 2 is 1.94 bits per heavy atom. The maximum Gasteiger partial charge on any atom is 0.401 e. The maximum absolute atomic E-state index is 13.0. The van der Waals surface area contributed by atoms with Crippen molar-refractivity contribution in [3.05, 3.63) is 29.6 Å². The van der Waals surface area contributed by atoms with E-state index in [0.717, 1.165) is 17.0 Å². The second kappa shape index (κ2) is 6.01. The predicted molar refractivity (Wildman–Crippen MR) is 59.2 cm³/mol. The number of anilines is 1. The molecule has 0 unspecified atom stereocenters. The molecule has 102 valence electrons. The molecule has 0 saturated carbocycles. The normalized spacial score (nSPS) is 12.1. The second-order valence-electron chi connectivity index (χ2n) is 3.89. The Morgan fingerprint density at radius 3 is 2.50 bits per heavy atom. The van der Waals surface area contributed by atoms with Crippen molar-refractivity contribution in [2.24, 2.45) is 0 Å². The van der Waals surface area contributed by atoms with Crippen LogP contribution in [0.2, 0.25) is 0 Å². The van der Waals surface area contributed by atoms with Crippen molar-refractivity contribution in [2.45, 2.75) is 12.7 Å². The number of hydrogen-bond acceptors (Lipinski definition) is 3. The number of nitrogen functional groups attached to an aromatic ring is 1. The Balaban J connectivity index is 2.79. The van der Waals surface area contributed by atoms with Crippen LogP contribution >= 0.6 is 0 Å². The highest BCUT2D eigenvalue weighted by molar-refractivity contribution is 5.46. The summed E-state index contributed by atoms with van der Waals surface area (Å²) in [5.41, 5.74) is 6.06. The number of aliphatic hydroxyl groups excluding tert-OH is 1. The van der Waals surface area contributed by atoms with Crippen LogP contribution < -0.4 is 5.73 Å². The molecule has 0 atom stereocenters. The monoisotopic (exact) mass is 266 g/mol. The molecule has 18 heavy (non-hydrogen) atoms. The van der Waals surface area contributed by atoms with Gasteiger partial charge in [-0.15, -0.1) is 0 Å². The Bertz CT molecular complexity index is 395. The van der Waals surface area contributed by atoms with E-state index < -0.39 is 25.1 Å². The fraction of sp³-hybridized carbons (Fsp3) is 0.455. The minimum absolute atomic E-state index is 0.157. The molecular weight excluding hydrogens is 252 g/mol. The van der Waals surface area contributed by atoms with Gasteiger partial charge in [-0.2, -0.15) is 13.2 Å². The van der Waals surface area contributed by atoms with Gasteiger partial charge in [0, 0.05) is 18.8 Å². The maximum atomic E-state index is 13.0. The highest BCUT2D eigenvalue weighted by atomic mass is 19.4.